The van der Waals surface area contributed by atoms with E-state index >= 15 is 0 Å². The predicted octanol–water partition coefficient (Wildman–Crippen LogP) is 3.26. The first-order chi connectivity index (χ1) is 12.2. The average Bonchev–Trinajstić information content (AvgIpc) is 3.12. The summed E-state index contributed by atoms with van der Waals surface area (Å²) in [5, 5.41) is 9.34. The van der Waals surface area contributed by atoms with E-state index in [9.17, 15) is 9.50 Å². The lowest BCUT2D eigenvalue weighted by Crippen LogP contribution is -2.26. The summed E-state index contributed by atoms with van der Waals surface area (Å²) in [6.45, 7) is 3.28. The van der Waals surface area contributed by atoms with Crippen LogP contribution in [0.1, 0.15) is 18.4 Å². The number of fused-ring (bicyclic) bond motifs is 1. The fourth-order valence-electron chi connectivity index (χ4n) is 4.22. The Morgan fingerprint density at radius 3 is 2.52 bits per heavy atom. The Labute approximate surface area is 147 Å². The molecule has 0 amide bonds. The van der Waals surface area contributed by atoms with Gasteiger partial charge in [0.15, 0.2) is 0 Å². The number of benzene rings is 1. The Hall–Kier alpha value is -2.14. The fraction of sp³-hybridized carbons (Fsp3) is 0.450. The molecule has 2 fully saturated rings. The summed E-state index contributed by atoms with van der Waals surface area (Å²) >= 11 is 0. The molecule has 1 N–H and O–H groups in total. The highest BCUT2D eigenvalue weighted by Gasteiger charge is 2.41. The molecule has 3 atom stereocenters. The summed E-state index contributed by atoms with van der Waals surface area (Å²) in [4.78, 5) is 6.38. The first kappa shape index (κ1) is 16.3. The molecule has 25 heavy (non-hydrogen) atoms. The van der Waals surface area contributed by atoms with Crippen LogP contribution in [0.2, 0.25) is 0 Å². The minimum absolute atomic E-state index is 0.179. The highest BCUT2D eigenvalue weighted by atomic mass is 19.1. The molecule has 2 aromatic rings. The second-order valence-electron chi connectivity index (χ2n) is 7.25. The van der Waals surface area contributed by atoms with Gasteiger partial charge >= 0.3 is 0 Å². The lowest BCUT2D eigenvalue weighted by molar-refractivity contribution is 0.184. The number of aromatic nitrogens is 1. The molecule has 1 saturated heterocycles. The third-order valence-corrected chi connectivity index (χ3v) is 5.42. The van der Waals surface area contributed by atoms with Gasteiger partial charge in [-0.15, -0.1) is 0 Å². The first-order valence-corrected chi connectivity index (χ1v) is 8.93. The molecule has 2 aliphatic rings. The minimum Gasteiger partial charge on any atom is -0.508 e. The Morgan fingerprint density at radius 1 is 1.12 bits per heavy atom. The molecule has 0 bridgehead atoms. The van der Waals surface area contributed by atoms with Crippen LogP contribution in [-0.4, -0.2) is 40.7 Å². The number of hydrogen-bond acceptors (Lipinski definition) is 4. The quantitative estimate of drug-likeness (QED) is 0.906. The largest absolute Gasteiger partial charge is 0.508 e. The van der Waals surface area contributed by atoms with Crippen LogP contribution in [0.5, 0.6) is 11.5 Å². The molecule has 0 spiro atoms. The second-order valence-corrected chi connectivity index (χ2v) is 7.25. The van der Waals surface area contributed by atoms with Gasteiger partial charge in [0.05, 0.1) is 18.5 Å². The van der Waals surface area contributed by atoms with E-state index in [1.165, 1.54) is 17.8 Å². The molecule has 4 nitrogen and oxygen atoms in total. The van der Waals surface area contributed by atoms with Crippen LogP contribution in [0.25, 0.3) is 0 Å². The van der Waals surface area contributed by atoms with Crippen molar-refractivity contribution in [2.75, 3.05) is 19.6 Å². The van der Waals surface area contributed by atoms with E-state index < -0.39 is 0 Å². The maximum absolute atomic E-state index is 13.2. The highest BCUT2D eigenvalue weighted by molar-refractivity contribution is 5.26. The highest BCUT2D eigenvalue weighted by Crippen LogP contribution is 2.39. The summed E-state index contributed by atoms with van der Waals surface area (Å²) < 4.78 is 19.1. The van der Waals surface area contributed by atoms with Gasteiger partial charge in [0.25, 0.3) is 0 Å². The van der Waals surface area contributed by atoms with Crippen LogP contribution in [0.15, 0.2) is 42.7 Å². The number of phenols is 1. The van der Waals surface area contributed by atoms with E-state index in [0.29, 0.717) is 23.3 Å². The fourth-order valence-corrected chi connectivity index (χ4v) is 4.22. The van der Waals surface area contributed by atoms with Crippen LogP contribution in [0.3, 0.4) is 0 Å². The molecule has 2 heterocycles. The molecule has 1 aromatic heterocycles. The smallest absolute Gasteiger partial charge is 0.145 e. The molecular formula is C20H23FN2O2. The van der Waals surface area contributed by atoms with Crippen LogP contribution < -0.4 is 4.74 Å². The van der Waals surface area contributed by atoms with Crippen molar-refractivity contribution in [1.82, 2.24) is 9.88 Å². The van der Waals surface area contributed by atoms with Gasteiger partial charge in [-0.3, -0.25) is 4.98 Å². The van der Waals surface area contributed by atoms with Crippen LogP contribution in [0.4, 0.5) is 4.39 Å². The molecule has 1 saturated carbocycles. The predicted molar refractivity (Wildman–Crippen MR) is 93.1 cm³/mol. The SMILES string of the molecule is Oc1ccc(CCN2C[C@H]3C[C@H](Oc4cncc(F)c4)C[C@H]3C2)cc1. The number of phenolic OH excluding ortho intramolecular Hbond substituents is 1. The molecule has 1 aliphatic carbocycles. The van der Waals surface area contributed by atoms with Crippen LogP contribution >= 0.6 is 0 Å². The molecule has 1 aliphatic heterocycles. The molecular weight excluding hydrogens is 319 g/mol. The van der Waals surface area contributed by atoms with E-state index in [1.807, 2.05) is 12.1 Å². The number of likely N-dealkylation sites (tertiary alicyclic amines) is 1. The van der Waals surface area contributed by atoms with Crippen LogP contribution in [0, 0.1) is 17.7 Å². The van der Waals surface area contributed by atoms with Gasteiger partial charge in [0, 0.05) is 25.7 Å². The summed E-state index contributed by atoms with van der Waals surface area (Å²) in [7, 11) is 0. The van der Waals surface area contributed by atoms with E-state index in [-0.39, 0.29) is 11.9 Å². The zero-order chi connectivity index (χ0) is 17.2. The van der Waals surface area contributed by atoms with E-state index in [0.717, 1.165) is 38.9 Å². The van der Waals surface area contributed by atoms with Gasteiger partial charge < -0.3 is 14.7 Å². The number of rotatable bonds is 5. The topological polar surface area (TPSA) is 45.6 Å². The Kier molecular flexibility index (Phi) is 4.57. The number of aromatic hydroxyl groups is 1. The van der Waals surface area contributed by atoms with E-state index in [4.69, 9.17) is 4.74 Å². The van der Waals surface area contributed by atoms with Crippen molar-refractivity contribution in [3.05, 3.63) is 54.1 Å². The standard InChI is InChI=1S/C20H23FN2O2/c21-17-9-20(11-22-10-17)25-19-7-15-12-23(13-16(15)8-19)6-5-14-1-3-18(24)4-2-14/h1-4,9-11,15-16,19,24H,5-8,12-13H2/t15-,16+,19+. The number of halogens is 1. The lowest BCUT2D eigenvalue weighted by atomic mass is 10.0. The Balaban J connectivity index is 1.25. The van der Waals surface area contributed by atoms with Crippen molar-refractivity contribution in [2.45, 2.75) is 25.4 Å². The summed E-state index contributed by atoms with van der Waals surface area (Å²) in [5.41, 5.74) is 1.26. The van der Waals surface area contributed by atoms with Crippen molar-refractivity contribution < 1.29 is 14.2 Å². The Morgan fingerprint density at radius 2 is 1.84 bits per heavy atom. The molecule has 5 heteroatoms. The van der Waals surface area contributed by atoms with Crippen molar-refractivity contribution in [3.63, 3.8) is 0 Å². The molecule has 1 aromatic carbocycles. The maximum atomic E-state index is 13.2. The normalized spacial score (nSPS) is 25.9. The Bertz CT molecular complexity index is 708. The zero-order valence-corrected chi connectivity index (χ0v) is 14.1. The lowest BCUT2D eigenvalue weighted by Gasteiger charge is -2.19. The number of ether oxygens (including phenoxy) is 1. The second kappa shape index (κ2) is 7.00. The molecule has 0 unspecified atom stereocenters. The third kappa shape index (κ3) is 3.93. The maximum Gasteiger partial charge on any atom is 0.145 e. The van der Waals surface area contributed by atoms with Gasteiger partial charge in [-0.25, -0.2) is 4.39 Å². The summed E-state index contributed by atoms with van der Waals surface area (Å²) in [5.74, 6) is 1.85. The average molecular weight is 342 g/mol. The van der Waals surface area contributed by atoms with Crippen molar-refractivity contribution in [2.24, 2.45) is 11.8 Å². The number of nitrogens with zero attached hydrogens (tertiary/aromatic N) is 2. The number of hydrogen-bond donors (Lipinski definition) is 1. The molecule has 4 rings (SSSR count). The van der Waals surface area contributed by atoms with Crippen LogP contribution in [-0.2, 0) is 6.42 Å². The van der Waals surface area contributed by atoms with Gasteiger partial charge in [0.2, 0.25) is 0 Å². The van der Waals surface area contributed by atoms with E-state index in [1.54, 1.807) is 18.3 Å². The monoisotopic (exact) mass is 342 g/mol. The summed E-state index contributed by atoms with van der Waals surface area (Å²) in [6, 6.07) is 8.88. The van der Waals surface area contributed by atoms with Crippen molar-refractivity contribution in [1.29, 1.82) is 0 Å². The van der Waals surface area contributed by atoms with Gasteiger partial charge in [-0.1, -0.05) is 12.1 Å². The minimum atomic E-state index is -0.351. The van der Waals surface area contributed by atoms with Crippen molar-refractivity contribution in [3.8, 4) is 11.5 Å². The van der Waals surface area contributed by atoms with Gasteiger partial charge in [-0.2, -0.15) is 0 Å². The van der Waals surface area contributed by atoms with Gasteiger partial charge in [0.1, 0.15) is 17.3 Å². The third-order valence-electron chi connectivity index (χ3n) is 5.42. The first-order valence-electron chi connectivity index (χ1n) is 8.93. The van der Waals surface area contributed by atoms with E-state index in [2.05, 4.69) is 9.88 Å². The summed E-state index contributed by atoms with van der Waals surface area (Å²) in [6.07, 6.45) is 6.05. The number of pyridine rings is 1. The van der Waals surface area contributed by atoms with Crippen molar-refractivity contribution >= 4 is 0 Å². The molecule has 0 radical (unpaired) electrons. The molecule has 132 valence electrons. The zero-order valence-electron chi connectivity index (χ0n) is 14.1. The van der Waals surface area contributed by atoms with Gasteiger partial charge in [-0.05, 0) is 48.8 Å².